The van der Waals surface area contributed by atoms with Crippen molar-refractivity contribution >= 4 is 17.3 Å². The lowest BCUT2D eigenvalue weighted by Gasteiger charge is -2.29. The smallest absolute Gasteiger partial charge is 0.404 e. The van der Waals surface area contributed by atoms with Gasteiger partial charge in [-0.15, -0.1) is 0 Å². The molecule has 2 N–H and O–H groups in total. The summed E-state index contributed by atoms with van der Waals surface area (Å²) < 4.78 is 53.4. The van der Waals surface area contributed by atoms with Gasteiger partial charge < -0.3 is 14.3 Å². The molecule has 12 heteroatoms. The molecule has 32 heavy (non-hydrogen) atoms. The third-order valence-corrected chi connectivity index (χ3v) is 6.07. The molecule has 1 saturated heterocycles. The monoisotopic (exact) mass is 448 g/mol. The quantitative estimate of drug-likeness (QED) is 0.462. The van der Waals surface area contributed by atoms with Crippen LogP contribution in [0.2, 0.25) is 0 Å². The van der Waals surface area contributed by atoms with Gasteiger partial charge in [-0.2, -0.15) is 13.2 Å². The number of anilines is 1. The Morgan fingerprint density at radius 3 is 2.62 bits per heavy atom. The highest BCUT2D eigenvalue weighted by atomic mass is 19.4. The van der Waals surface area contributed by atoms with Crippen LogP contribution in [-0.2, 0) is 10.3 Å². The number of nitrogens with zero attached hydrogens (tertiary/aromatic N) is 2. The zero-order valence-electron chi connectivity index (χ0n) is 16.3. The number of carbonyl (C=O) groups is 1. The molecule has 0 bridgehead atoms. The van der Waals surface area contributed by atoms with E-state index in [-0.39, 0.29) is 17.0 Å². The number of fused-ring (bicyclic) bond motifs is 2. The molecule has 2 aliphatic rings. The lowest BCUT2D eigenvalue weighted by atomic mass is 9.72. The van der Waals surface area contributed by atoms with Gasteiger partial charge in [0.05, 0.1) is 23.0 Å². The van der Waals surface area contributed by atoms with E-state index < -0.39 is 51.9 Å². The van der Waals surface area contributed by atoms with E-state index in [4.69, 9.17) is 8.94 Å². The molecule has 4 heterocycles. The molecule has 1 spiro atoms. The van der Waals surface area contributed by atoms with Crippen LogP contribution in [0.25, 0.3) is 0 Å². The van der Waals surface area contributed by atoms with E-state index in [1.807, 2.05) is 0 Å². The second-order valence-corrected chi connectivity index (χ2v) is 7.73. The summed E-state index contributed by atoms with van der Waals surface area (Å²) in [6.07, 6.45) is -3.62. The largest absolute Gasteiger partial charge is 0.469 e. The first-order chi connectivity index (χ1) is 15.2. The Bertz CT molecular complexity index is 1220. The molecular formula is C20H15F3N4O5. The summed E-state index contributed by atoms with van der Waals surface area (Å²) in [6.45, 7) is 1.31. The average molecular weight is 448 g/mol. The normalized spacial score (nSPS) is 27.0. The number of aromatic nitrogens is 1. The second kappa shape index (κ2) is 6.66. The van der Waals surface area contributed by atoms with Gasteiger partial charge in [-0.05, 0) is 25.1 Å². The summed E-state index contributed by atoms with van der Waals surface area (Å²) in [5.41, 5.74) is -2.17. The Labute approximate surface area is 177 Å². The number of amides is 1. The number of nitrogens with one attached hydrogen (secondary N) is 2. The summed E-state index contributed by atoms with van der Waals surface area (Å²) in [5.74, 6) is -4.34. The molecule has 5 rings (SSSR count). The molecule has 2 aromatic heterocycles. The van der Waals surface area contributed by atoms with Crippen LogP contribution in [-0.4, -0.2) is 28.2 Å². The highest BCUT2D eigenvalue weighted by Crippen LogP contribution is 2.60. The fourth-order valence-electron chi connectivity index (χ4n) is 4.88. The number of hydrogen-bond acceptors (Lipinski definition) is 7. The molecule has 0 saturated carbocycles. The topological polar surface area (TPSA) is 123 Å². The van der Waals surface area contributed by atoms with Crippen LogP contribution in [0.3, 0.4) is 0 Å². The summed E-state index contributed by atoms with van der Waals surface area (Å²) in [6, 6.07) is 6.72. The van der Waals surface area contributed by atoms with Gasteiger partial charge in [-0.3, -0.25) is 20.2 Å². The number of halogens is 3. The van der Waals surface area contributed by atoms with Crippen molar-refractivity contribution in [2.24, 2.45) is 0 Å². The summed E-state index contributed by atoms with van der Waals surface area (Å²) in [7, 11) is 0. The zero-order valence-corrected chi connectivity index (χ0v) is 16.3. The van der Waals surface area contributed by atoms with Gasteiger partial charge in [0.15, 0.2) is 5.69 Å². The minimum atomic E-state index is -4.82. The lowest BCUT2D eigenvalue weighted by molar-refractivity contribution is -0.386. The van der Waals surface area contributed by atoms with Crippen molar-refractivity contribution in [1.29, 1.82) is 0 Å². The predicted octanol–water partition coefficient (Wildman–Crippen LogP) is 3.73. The molecule has 0 aliphatic carbocycles. The fourth-order valence-corrected chi connectivity index (χ4v) is 4.88. The van der Waals surface area contributed by atoms with E-state index in [2.05, 4.69) is 15.8 Å². The first-order valence-corrected chi connectivity index (χ1v) is 9.55. The molecule has 4 atom stereocenters. The maximum Gasteiger partial charge on any atom is 0.404 e. The third-order valence-electron chi connectivity index (χ3n) is 6.07. The maximum atomic E-state index is 14.3. The van der Waals surface area contributed by atoms with Crippen LogP contribution in [0.4, 0.5) is 24.5 Å². The highest BCUT2D eigenvalue weighted by Gasteiger charge is 2.70. The summed E-state index contributed by atoms with van der Waals surface area (Å²) in [5, 5.41) is 20.5. The number of nitro groups is 1. The Hall–Kier alpha value is -3.67. The number of rotatable bonds is 3. The molecule has 9 nitrogen and oxygen atoms in total. The number of carbonyl (C=O) groups excluding carboxylic acids is 1. The molecule has 3 aromatic rings. The van der Waals surface area contributed by atoms with Crippen molar-refractivity contribution in [2.75, 3.05) is 5.32 Å². The van der Waals surface area contributed by atoms with Crippen LogP contribution >= 0.6 is 0 Å². The second-order valence-electron chi connectivity index (χ2n) is 7.73. The van der Waals surface area contributed by atoms with Gasteiger partial charge in [0, 0.05) is 11.3 Å². The van der Waals surface area contributed by atoms with E-state index in [0.29, 0.717) is 5.69 Å². The van der Waals surface area contributed by atoms with Crippen molar-refractivity contribution in [1.82, 2.24) is 10.5 Å². The zero-order chi connectivity index (χ0) is 22.8. The number of furan rings is 1. The van der Waals surface area contributed by atoms with Gasteiger partial charge in [0.1, 0.15) is 17.3 Å². The van der Waals surface area contributed by atoms with Crippen molar-refractivity contribution in [3.05, 3.63) is 75.6 Å². The van der Waals surface area contributed by atoms with Crippen LogP contribution in [0, 0.1) is 17.0 Å². The SMILES string of the molecule is Cc1noc([C@@H]2[C@@H](c3ccco3)[C@H](C(F)(F)F)N[C@@]23C(=O)Nc2ccccc23)c1[N+](=O)[O-]. The average Bonchev–Trinajstić information content (AvgIpc) is 3.47. The van der Waals surface area contributed by atoms with Gasteiger partial charge in [-0.25, -0.2) is 0 Å². The molecule has 1 amide bonds. The summed E-state index contributed by atoms with van der Waals surface area (Å²) in [4.78, 5) is 24.3. The van der Waals surface area contributed by atoms with Gasteiger partial charge in [-0.1, -0.05) is 23.4 Å². The van der Waals surface area contributed by atoms with Gasteiger partial charge in [0.2, 0.25) is 11.7 Å². The molecule has 0 radical (unpaired) electrons. The lowest BCUT2D eigenvalue weighted by Crippen LogP contribution is -2.52. The van der Waals surface area contributed by atoms with Crippen LogP contribution < -0.4 is 10.6 Å². The maximum absolute atomic E-state index is 14.3. The molecule has 0 unspecified atom stereocenters. The number of hydrogen-bond donors (Lipinski definition) is 2. The minimum absolute atomic E-state index is 0.0952. The number of para-hydroxylation sites is 1. The van der Waals surface area contributed by atoms with E-state index in [0.717, 1.165) is 0 Å². The molecule has 1 fully saturated rings. The molecule has 1 aromatic carbocycles. The molecular weight excluding hydrogens is 433 g/mol. The van der Waals surface area contributed by atoms with Crippen LogP contribution in [0.5, 0.6) is 0 Å². The standard InChI is InChI=1S/C20H15F3N4O5/c1-9-15(27(29)30)16(32-26-9)14-13(12-7-4-8-31-12)17(20(21,22)23)25-19(14)10-5-2-3-6-11(10)24-18(19)28/h2-8,13-14,17,25H,1H3,(H,24,28)/t13-,14+,17-,19-/m1/s1. The van der Waals surface area contributed by atoms with Gasteiger partial charge >= 0.3 is 11.9 Å². The van der Waals surface area contributed by atoms with Crippen LogP contribution in [0.15, 0.2) is 51.6 Å². The first kappa shape index (κ1) is 20.2. The van der Waals surface area contributed by atoms with Crippen LogP contribution in [0.1, 0.15) is 34.6 Å². The summed E-state index contributed by atoms with van der Waals surface area (Å²) >= 11 is 0. The number of aryl methyl sites for hydroxylation is 1. The first-order valence-electron chi connectivity index (χ1n) is 9.55. The van der Waals surface area contributed by atoms with E-state index >= 15 is 0 Å². The van der Waals surface area contributed by atoms with Crippen molar-refractivity contribution in [2.45, 2.75) is 36.5 Å². The van der Waals surface area contributed by atoms with Crippen molar-refractivity contribution in [3.8, 4) is 0 Å². The number of benzene rings is 1. The van der Waals surface area contributed by atoms with E-state index in [1.54, 1.807) is 18.2 Å². The van der Waals surface area contributed by atoms with E-state index in [9.17, 15) is 28.1 Å². The van der Waals surface area contributed by atoms with E-state index in [1.165, 1.54) is 31.4 Å². The Kier molecular flexibility index (Phi) is 4.21. The fraction of sp³-hybridized carbons (Fsp3) is 0.300. The van der Waals surface area contributed by atoms with Crippen molar-refractivity contribution < 1.29 is 31.8 Å². The van der Waals surface area contributed by atoms with Gasteiger partial charge in [0.25, 0.3) is 0 Å². The third kappa shape index (κ3) is 2.62. The Morgan fingerprint density at radius 1 is 1.22 bits per heavy atom. The van der Waals surface area contributed by atoms with Crippen molar-refractivity contribution in [3.63, 3.8) is 0 Å². The molecule has 2 aliphatic heterocycles. The predicted molar refractivity (Wildman–Crippen MR) is 102 cm³/mol. The number of alkyl halides is 3. The molecule has 166 valence electrons. The highest BCUT2D eigenvalue weighted by molar-refractivity contribution is 6.07. The minimum Gasteiger partial charge on any atom is -0.469 e. The Balaban J connectivity index is 1.85. The Morgan fingerprint density at radius 2 is 1.97 bits per heavy atom.